The number of hydrogen-bond donors (Lipinski definition) is 2. The monoisotopic (exact) mass is 437 g/mol. The number of esters is 1. The highest BCUT2D eigenvalue weighted by molar-refractivity contribution is 7.89. The fraction of sp³-hybridized carbons (Fsp3) is 0.500. The Morgan fingerprint density at radius 3 is 2.63 bits per heavy atom. The minimum Gasteiger partial charge on any atom is -0.466 e. The van der Waals surface area contributed by atoms with Crippen LogP contribution in [-0.4, -0.2) is 74.5 Å². The van der Waals surface area contributed by atoms with E-state index in [0.29, 0.717) is 24.7 Å². The molecule has 2 aliphatic rings. The molecule has 0 bridgehead atoms. The average Bonchev–Trinajstić information content (AvgIpc) is 3.04. The number of sulfonamides is 1. The molecule has 1 saturated heterocycles. The van der Waals surface area contributed by atoms with Crippen LogP contribution in [0.3, 0.4) is 0 Å². The number of ether oxygens (including phenoxy) is 1. The maximum atomic E-state index is 13.0. The van der Waals surface area contributed by atoms with E-state index in [2.05, 4.69) is 12.2 Å². The van der Waals surface area contributed by atoms with Gasteiger partial charge < -0.3 is 20.1 Å². The van der Waals surface area contributed by atoms with Crippen molar-refractivity contribution in [1.29, 1.82) is 0 Å². The SMILES string of the molecule is COC(=O)C1=C(Nc2cccc(S(=O)(=O)N3CCC(C)CC3)c2)C(=O)N(CCO)C1. The predicted molar refractivity (Wildman–Crippen MR) is 110 cm³/mol. The first-order valence-corrected chi connectivity index (χ1v) is 11.3. The first-order chi connectivity index (χ1) is 14.3. The molecule has 1 aromatic carbocycles. The first kappa shape index (κ1) is 22.3. The molecule has 0 spiro atoms. The third kappa shape index (κ3) is 4.50. The Kier molecular flexibility index (Phi) is 6.79. The van der Waals surface area contributed by atoms with E-state index in [4.69, 9.17) is 9.84 Å². The van der Waals surface area contributed by atoms with E-state index in [9.17, 15) is 18.0 Å². The number of aliphatic hydroxyl groups excluding tert-OH is 1. The number of carbonyl (C=O) groups is 2. The van der Waals surface area contributed by atoms with E-state index in [1.165, 1.54) is 28.4 Å². The van der Waals surface area contributed by atoms with Crippen LogP contribution in [0.2, 0.25) is 0 Å². The summed E-state index contributed by atoms with van der Waals surface area (Å²) in [6.45, 7) is 2.92. The molecule has 9 nitrogen and oxygen atoms in total. The van der Waals surface area contributed by atoms with Gasteiger partial charge in [0.1, 0.15) is 5.70 Å². The number of carbonyl (C=O) groups excluding carboxylic acids is 2. The van der Waals surface area contributed by atoms with Crippen LogP contribution >= 0.6 is 0 Å². The summed E-state index contributed by atoms with van der Waals surface area (Å²) in [6.07, 6.45) is 1.64. The maximum absolute atomic E-state index is 13.0. The Labute approximate surface area is 176 Å². The summed E-state index contributed by atoms with van der Waals surface area (Å²) in [5, 5.41) is 12.0. The molecular weight excluding hydrogens is 410 g/mol. The second-order valence-corrected chi connectivity index (χ2v) is 9.47. The Morgan fingerprint density at radius 2 is 2.00 bits per heavy atom. The van der Waals surface area contributed by atoms with Crippen molar-refractivity contribution in [2.75, 3.05) is 45.2 Å². The smallest absolute Gasteiger partial charge is 0.337 e. The topological polar surface area (TPSA) is 116 Å². The zero-order valence-corrected chi connectivity index (χ0v) is 17.9. The lowest BCUT2D eigenvalue weighted by Crippen LogP contribution is -2.37. The van der Waals surface area contributed by atoms with Gasteiger partial charge in [0.25, 0.3) is 5.91 Å². The number of nitrogens with one attached hydrogen (secondary N) is 1. The number of benzene rings is 1. The Balaban J connectivity index is 1.86. The lowest BCUT2D eigenvalue weighted by Gasteiger charge is -2.29. The lowest BCUT2D eigenvalue weighted by molar-refractivity contribution is -0.136. The molecule has 3 rings (SSSR count). The van der Waals surface area contributed by atoms with Gasteiger partial charge in [-0.2, -0.15) is 4.31 Å². The molecule has 30 heavy (non-hydrogen) atoms. The van der Waals surface area contributed by atoms with Crippen LogP contribution in [0.25, 0.3) is 0 Å². The molecule has 1 fully saturated rings. The van der Waals surface area contributed by atoms with Gasteiger partial charge in [0.05, 0.1) is 30.7 Å². The van der Waals surface area contributed by atoms with Gasteiger partial charge >= 0.3 is 5.97 Å². The summed E-state index contributed by atoms with van der Waals surface area (Å²) in [5.41, 5.74) is 0.530. The molecule has 0 atom stereocenters. The largest absolute Gasteiger partial charge is 0.466 e. The highest BCUT2D eigenvalue weighted by Gasteiger charge is 2.35. The number of hydrogen-bond acceptors (Lipinski definition) is 7. The Hall–Kier alpha value is -2.43. The van der Waals surface area contributed by atoms with Crippen LogP contribution in [0.4, 0.5) is 5.69 Å². The second kappa shape index (κ2) is 9.15. The van der Waals surface area contributed by atoms with Gasteiger partial charge in [-0.15, -0.1) is 0 Å². The third-order valence-electron chi connectivity index (χ3n) is 5.44. The van der Waals surface area contributed by atoms with E-state index < -0.39 is 21.9 Å². The molecular formula is C20H27N3O6S. The van der Waals surface area contributed by atoms with Crippen molar-refractivity contribution < 1.29 is 27.9 Å². The average molecular weight is 438 g/mol. The quantitative estimate of drug-likeness (QED) is 0.606. The van der Waals surface area contributed by atoms with Crippen LogP contribution in [-0.2, 0) is 24.3 Å². The summed E-state index contributed by atoms with van der Waals surface area (Å²) >= 11 is 0. The van der Waals surface area contributed by atoms with Gasteiger partial charge in [0.15, 0.2) is 0 Å². The summed E-state index contributed by atoms with van der Waals surface area (Å²) in [5.74, 6) is -0.608. The number of methoxy groups -OCH3 is 1. The third-order valence-corrected chi connectivity index (χ3v) is 7.33. The molecule has 1 amide bonds. The van der Waals surface area contributed by atoms with Gasteiger partial charge in [0, 0.05) is 25.3 Å². The second-order valence-electron chi connectivity index (χ2n) is 7.53. The molecule has 164 valence electrons. The van der Waals surface area contributed by atoms with Gasteiger partial charge in [-0.3, -0.25) is 4.79 Å². The lowest BCUT2D eigenvalue weighted by atomic mass is 10.0. The van der Waals surface area contributed by atoms with E-state index in [1.54, 1.807) is 12.1 Å². The predicted octanol–water partition coefficient (Wildman–Crippen LogP) is 0.781. The number of β-amino-alcohol motifs (C(OH)–C–C–N with tert-alkyl or cyclic N) is 1. The Morgan fingerprint density at radius 1 is 1.30 bits per heavy atom. The van der Waals surface area contributed by atoms with Gasteiger partial charge in [-0.05, 0) is 37.0 Å². The van der Waals surface area contributed by atoms with Crippen LogP contribution in [0.15, 0.2) is 40.4 Å². The molecule has 1 aromatic rings. The molecule has 0 saturated carbocycles. The number of nitrogens with zero attached hydrogens (tertiary/aromatic N) is 2. The summed E-state index contributed by atoms with van der Waals surface area (Å²) in [6, 6.07) is 6.19. The molecule has 2 N–H and O–H groups in total. The molecule has 0 unspecified atom stereocenters. The fourth-order valence-electron chi connectivity index (χ4n) is 3.60. The highest BCUT2D eigenvalue weighted by Crippen LogP contribution is 2.27. The van der Waals surface area contributed by atoms with E-state index in [1.807, 2.05) is 0 Å². The highest BCUT2D eigenvalue weighted by atomic mass is 32.2. The number of anilines is 1. The minimum absolute atomic E-state index is 0.0123. The van der Waals surface area contributed by atoms with Crippen LogP contribution in [0.1, 0.15) is 19.8 Å². The zero-order valence-electron chi connectivity index (χ0n) is 17.1. The molecule has 0 radical (unpaired) electrons. The van der Waals surface area contributed by atoms with Crippen molar-refractivity contribution in [3.05, 3.63) is 35.5 Å². The normalized spacial score (nSPS) is 18.8. The van der Waals surface area contributed by atoms with E-state index >= 15 is 0 Å². The first-order valence-electron chi connectivity index (χ1n) is 9.86. The number of aliphatic hydroxyl groups is 1. The fourth-order valence-corrected chi connectivity index (χ4v) is 5.12. The van der Waals surface area contributed by atoms with Crippen molar-refractivity contribution in [3.63, 3.8) is 0 Å². The zero-order chi connectivity index (χ0) is 21.9. The molecule has 2 aliphatic heterocycles. The van der Waals surface area contributed by atoms with Crippen molar-refractivity contribution in [2.24, 2.45) is 5.92 Å². The van der Waals surface area contributed by atoms with Crippen LogP contribution < -0.4 is 5.32 Å². The number of rotatable bonds is 7. The van der Waals surface area contributed by atoms with Crippen molar-refractivity contribution in [3.8, 4) is 0 Å². The summed E-state index contributed by atoms with van der Waals surface area (Å²) in [4.78, 5) is 26.2. The van der Waals surface area contributed by atoms with Gasteiger partial charge in [-0.25, -0.2) is 13.2 Å². The Bertz CT molecular complexity index is 951. The van der Waals surface area contributed by atoms with Crippen LogP contribution in [0.5, 0.6) is 0 Å². The van der Waals surface area contributed by atoms with Crippen molar-refractivity contribution >= 4 is 27.6 Å². The molecule has 2 heterocycles. The maximum Gasteiger partial charge on any atom is 0.337 e. The van der Waals surface area contributed by atoms with E-state index in [-0.39, 0.29) is 35.9 Å². The van der Waals surface area contributed by atoms with Gasteiger partial charge in [-0.1, -0.05) is 13.0 Å². The minimum atomic E-state index is -3.65. The van der Waals surface area contributed by atoms with E-state index in [0.717, 1.165) is 12.8 Å². The summed E-state index contributed by atoms with van der Waals surface area (Å²) < 4.78 is 32.3. The summed E-state index contributed by atoms with van der Waals surface area (Å²) in [7, 11) is -2.43. The van der Waals surface area contributed by atoms with Crippen molar-refractivity contribution in [2.45, 2.75) is 24.7 Å². The molecule has 0 aliphatic carbocycles. The number of piperidine rings is 1. The van der Waals surface area contributed by atoms with Crippen LogP contribution in [0, 0.1) is 5.92 Å². The molecule has 10 heteroatoms. The van der Waals surface area contributed by atoms with Gasteiger partial charge in [0.2, 0.25) is 10.0 Å². The van der Waals surface area contributed by atoms with Crippen molar-refractivity contribution in [1.82, 2.24) is 9.21 Å². The molecule has 0 aromatic heterocycles. The number of amides is 1. The standard InChI is InChI=1S/C20H27N3O6S/c1-14-6-8-23(9-7-14)30(27,28)16-5-3-4-15(12-16)21-18-17(20(26)29-2)13-22(10-11-24)19(18)25/h3-5,12,14,21,24H,6-11,13H2,1-2H3.